The Hall–Kier alpha value is -1.05. The number of carbonyl (C=O) groups excluding carboxylic acids is 1. The molecular formula is C15H27N5OS. The van der Waals surface area contributed by atoms with Crippen LogP contribution in [-0.2, 0) is 11.2 Å². The lowest BCUT2D eigenvalue weighted by molar-refractivity contribution is -0.121. The van der Waals surface area contributed by atoms with Crippen molar-refractivity contribution in [3.63, 3.8) is 0 Å². The maximum Gasteiger partial charge on any atom is 0.243 e. The molecule has 0 spiro atoms. The summed E-state index contributed by atoms with van der Waals surface area (Å²) < 4.78 is 0. The van der Waals surface area contributed by atoms with E-state index in [1.165, 1.54) is 24.2 Å². The lowest BCUT2D eigenvalue weighted by atomic mass is 9.98. The predicted octanol–water partition coefficient (Wildman–Crippen LogP) is 1.70. The summed E-state index contributed by atoms with van der Waals surface area (Å²) in [5.41, 5.74) is 0. The van der Waals surface area contributed by atoms with Gasteiger partial charge >= 0.3 is 0 Å². The van der Waals surface area contributed by atoms with E-state index in [9.17, 15) is 4.79 Å². The second kappa shape index (κ2) is 7.99. The molecule has 0 aliphatic carbocycles. The number of nitrogens with one attached hydrogen (secondary N) is 1. The molecule has 1 unspecified atom stereocenters. The Morgan fingerprint density at radius 2 is 2.09 bits per heavy atom. The van der Waals surface area contributed by atoms with E-state index in [-0.39, 0.29) is 11.9 Å². The van der Waals surface area contributed by atoms with Gasteiger partial charge in [0.05, 0.1) is 6.04 Å². The van der Waals surface area contributed by atoms with Crippen LogP contribution in [0.25, 0.3) is 0 Å². The third-order valence-corrected chi connectivity index (χ3v) is 5.11. The largest absolute Gasteiger partial charge is 0.309 e. The average molecular weight is 325 g/mol. The molecule has 0 bridgehead atoms. The van der Waals surface area contributed by atoms with Crippen LogP contribution in [0.5, 0.6) is 0 Å². The number of likely N-dealkylation sites (N-methyl/N-ethyl adjacent to an activating group) is 1. The smallest absolute Gasteiger partial charge is 0.243 e. The second-order valence-electron chi connectivity index (χ2n) is 6.44. The van der Waals surface area contributed by atoms with Crippen molar-refractivity contribution in [1.82, 2.24) is 20.0 Å². The van der Waals surface area contributed by atoms with E-state index in [0.717, 1.165) is 37.0 Å². The molecule has 124 valence electrons. The van der Waals surface area contributed by atoms with Crippen molar-refractivity contribution in [1.29, 1.82) is 0 Å². The van der Waals surface area contributed by atoms with Crippen LogP contribution in [0, 0.1) is 5.92 Å². The van der Waals surface area contributed by atoms with Crippen LogP contribution in [0.1, 0.15) is 31.7 Å². The van der Waals surface area contributed by atoms with Crippen LogP contribution in [0.2, 0.25) is 0 Å². The molecule has 1 fully saturated rings. The van der Waals surface area contributed by atoms with Gasteiger partial charge in [-0.1, -0.05) is 18.3 Å². The zero-order valence-corrected chi connectivity index (χ0v) is 14.8. The van der Waals surface area contributed by atoms with E-state index < -0.39 is 0 Å². The quantitative estimate of drug-likeness (QED) is 0.862. The summed E-state index contributed by atoms with van der Waals surface area (Å²) >= 11 is 1.47. The van der Waals surface area contributed by atoms with Crippen LogP contribution >= 0.6 is 11.3 Å². The fourth-order valence-electron chi connectivity index (χ4n) is 2.52. The zero-order valence-electron chi connectivity index (χ0n) is 14.0. The molecule has 7 heteroatoms. The highest BCUT2D eigenvalue weighted by molar-refractivity contribution is 7.15. The topological polar surface area (TPSA) is 61.4 Å². The Morgan fingerprint density at radius 3 is 2.73 bits per heavy atom. The Kier molecular flexibility index (Phi) is 6.28. The third-order valence-electron chi connectivity index (χ3n) is 4.22. The molecule has 1 amide bonds. The Labute approximate surface area is 136 Å². The van der Waals surface area contributed by atoms with Gasteiger partial charge in [0, 0.05) is 13.0 Å². The molecule has 1 atom stereocenters. The molecule has 6 nitrogen and oxygen atoms in total. The molecule has 1 aliphatic rings. The van der Waals surface area contributed by atoms with Gasteiger partial charge in [0.25, 0.3) is 0 Å². The van der Waals surface area contributed by atoms with Crippen LogP contribution in [0.4, 0.5) is 5.13 Å². The first-order valence-corrected chi connectivity index (χ1v) is 8.79. The minimum Gasteiger partial charge on any atom is -0.309 e. The summed E-state index contributed by atoms with van der Waals surface area (Å²) in [7, 11) is 4.07. The van der Waals surface area contributed by atoms with Gasteiger partial charge in [0.1, 0.15) is 5.01 Å². The summed E-state index contributed by atoms with van der Waals surface area (Å²) in [4.78, 5) is 16.7. The van der Waals surface area contributed by atoms with Gasteiger partial charge in [-0.3, -0.25) is 15.0 Å². The van der Waals surface area contributed by atoms with Crippen LogP contribution in [0.3, 0.4) is 0 Å². The predicted molar refractivity (Wildman–Crippen MR) is 90.2 cm³/mol. The number of rotatable bonds is 6. The minimum absolute atomic E-state index is 0.0184. The number of hydrogen-bond donors (Lipinski definition) is 1. The van der Waals surface area contributed by atoms with Crippen molar-refractivity contribution in [2.75, 3.05) is 39.0 Å². The van der Waals surface area contributed by atoms with Crippen molar-refractivity contribution < 1.29 is 4.79 Å². The summed E-state index contributed by atoms with van der Waals surface area (Å²) in [6, 6.07) is -0.110. The zero-order chi connectivity index (χ0) is 16.1. The van der Waals surface area contributed by atoms with Crippen molar-refractivity contribution in [3.05, 3.63) is 5.01 Å². The maximum atomic E-state index is 12.3. The minimum atomic E-state index is -0.110. The van der Waals surface area contributed by atoms with Gasteiger partial charge < -0.3 is 4.90 Å². The highest BCUT2D eigenvalue weighted by Gasteiger charge is 2.25. The Morgan fingerprint density at radius 1 is 1.41 bits per heavy atom. The molecule has 0 saturated carbocycles. The first-order valence-electron chi connectivity index (χ1n) is 7.97. The molecule has 0 radical (unpaired) electrons. The van der Waals surface area contributed by atoms with Crippen molar-refractivity contribution in [2.24, 2.45) is 5.92 Å². The van der Waals surface area contributed by atoms with Gasteiger partial charge in [0.2, 0.25) is 11.0 Å². The van der Waals surface area contributed by atoms with Crippen molar-refractivity contribution in [3.8, 4) is 0 Å². The van der Waals surface area contributed by atoms with E-state index in [1.54, 1.807) is 0 Å². The molecule has 1 aliphatic heterocycles. The Bertz CT molecular complexity index is 482. The molecule has 1 N–H and O–H groups in total. The second-order valence-corrected chi connectivity index (χ2v) is 7.50. The third kappa shape index (κ3) is 5.00. The van der Waals surface area contributed by atoms with E-state index >= 15 is 0 Å². The van der Waals surface area contributed by atoms with E-state index in [4.69, 9.17) is 0 Å². The standard InChI is InChI=1S/C15H27N5OS/c1-11-5-9-20(10-6-11)12(2)14(21)16-15-18-17-13(22-15)7-8-19(3)4/h11-12H,5-10H2,1-4H3,(H,16,18,21). The van der Waals surface area contributed by atoms with Gasteiger partial charge in [0.15, 0.2) is 0 Å². The monoisotopic (exact) mass is 325 g/mol. The highest BCUT2D eigenvalue weighted by Crippen LogP contribution is 2.20. The molecule has 1 aromatic rings. The molecule has 0 aromatic carbocycles. The van der Waals surface area contributed by atoms with Crippen LogP contribution in [-0.4, -0.2) is 65.7 Å². The summed E-state index contributed by atoms with van der Waals surface area (Å²) in [5.74, 6) is 0.791. The molecule has 2 heterocycles. The maximum absolute atomic E-state index is 12.3. The summed E-state index contributed by atoms with van der Waals surface area (Å²) in [6.07, 6.45) is 3.20. The number of carbonyl (C=O) groups is 1. The first kappa shape index (κ1) is 17.3. The number of anilines is 1. The Balaban J connectivity index is 1.83. The number of likely N-dealkylation sites (tertiary alicyclic amines) is 1. The van der Waals surface area contributed by atoms with Gasteiger partial charge in [-0.05, 0) is 52.9 Å². The fourth-order valence-corrected chi connectivity index (χ4v) is 3.25. The molecule has 1 aromatic heterocycles. The first-order chi connectivity index (χ1) is 10.5. The SMILES string of the molecule is CC1CCN(C(C)C(=O)Nc2nnc(CCN(C)C)s2)CC1. The molecule has 2 rings (SSSR count). The van der Waals surface area contributed by atoms with Gasteiger partial charge in [-0.15, -0.1) is 10.2 Å². The normalized spacial score (nSPS) is 18.6. The lowest BCUT2D eigenvalue weighted by Gasteiger charge is -2.33. The van der Waals surface area contributed by atoms with Gasteiger partial charge in [-0.25, -0.2) is 0 Å². The average Bonchev–Trinajstić information content (AvgIpc) is 2.92. The molecule has 22 heavy (non-hydrogen) atoms. The van der Waals surface area contributed by atoms with E-state index in [0.29, 0.717) is 5.13 Å². The molecular weight excluding hydrogens is 298 g/mol. The van der Waals surface area contributed by atoms with Crippen molar-refractivity contribution >= 4 is 22.4 Å². The number of amides is 1. The summed E-state index contributed by atoms with van der Waals surface area (Å²) in [6.45, 7) is 7.18. The van der Waals surface area contributed by atoms with Crippen molar-refractivity contribution in [2.45, 2.75) is 39.2 Å². The highest BCUT2D eigenvalue weighted by atomic mass is 32.1. The number of aromatic nitrogens is 2. The fraction of sp³-hybridized carbons (Fsp3) is 0.800. The molecule has 1 saturated heterocycles. The van der Waals surface area contributed by atoms with Crippen LogP contribution in [0.15, 0.2) is 0 Å². The number of piperidine rings is 1. The van der Waals surface area contributed by atoms with Gasteiger partial charge in [-0.2, -0.15) is 0 Å². The van der Waals surface area contributed by atoms with E-state index in [1.807, 2.05) is 21.0 Å². The number of nitrogens with zero attached hydrogens (tertiary/aromatic N) is 4. The van der Waals surface area contributed by atoms with E-state index in [2.05, 4.69) is 32.2 Å². The lowest BCUT2D eigenvalue weighted by Crippen LogP contribution is -2.45. The number of hydrogen-bond acceptors (Lipinski definition) is 6. The van der Waals surface area contributed by atoms with Crippen LogP contribution < -0.4 is 5.32 Å². The summed E-state index contributed by atoms with van der Waals surface area (Å²) in [5, 5.41) is 12.7.